The molecule has 1 aliphatic rings. The number of fused-ring (bicyclic) bond motifs is 1. The first kappa shape index (κ1) is 29.5. The Morgan fingerprint density at radius 2 is 1.82 bits per heavy atom. The first-order valence-corrected chi connectivity index (χ1v) is 13.5. The zero-order valence-electron chi connectivity index (χ0n) is 20.7. The second kappa shape index (κ2) is 10.8. The summed E-state index contributed by atoms with van der Waals surface area (Å²) in [5.41, 5.74) is 3.17. The number of hydrogen-bond donors (Lipinski definition) is 7. The highest BCUT2D eigenvalue weighted by Gasteiger charge is 2.50. The molecule has 0 radical (unpaired) electrons. The fourth-order valence-electron chi connectivity index (χ4n) is 4.74. The standard InChI is InChI=1S/C25H27F3N4O7S/c26-25(27,28)14-4-3-5-15(9-14)40(38,39)32-19-10-24(37,11-20(33)21(19)34)23(36)31-18(22(29)35)8-13-12-30-17-7-2-1-6-16(13)17/h1-7,9,12,18-21,30,32-34,37H,8,10-11H2,(H2,29,35)(H,31,36). The highest BCUT2D eigenvalue weighted by molar-refractivity contribution is 7.89. The molecule has 15 heteroatoms. The van der Waals surface area contributed by atoms with E-state index in [2.05, 4.69) is 10.3 Å². The minimum Gasteiger partial charge on any atom is -0.390 e. The summed E-state index contributed by atoms with van der Waals surface area (Å²) in [5.74, 6) is -2.09. The van der Waals surface area contributed by atoms with Gasteiger partial charge in [-0.1, -0.05) is 24.3 Å². The normalized spacial score (nSPS) is 24.5. The Labute approximate surface area is 226 Å². The molecular weight excluding hydrogens is 557 g/mol. The number of benzene rings is 2. The number of rotatable bonds is 8. The van der Waals surface area contributed by atoms with Crippen molar-refractivity contribution >= 4 is 32.7 Å². The van der Waals surface area contributed by atoms with Crippen LogP contribution >= 0.6 is 0 Å². The molecule has 1 aliphatic carbocycles. The van der Waals surface area contributed by atoms with Gasteiger partial charge in [-0.25, -0.2) is 13.1 Å². The number of aromatic nitrogens is 1. The fraction of sp³-hybridized carbons (Fsp3) is 0.360. The third-order valence-electron chi connectivity index (χ3n) is 6.86. The first-order chi connectivity index (χ1) is 18.6. The molecule has 1 heterocycles. The van der Waals surface area contributed by atoms with Crippen LogP contribution in [0.2, 0.25) is 0 Å². The maximum Gasteiger partial charge on any atom is 0.416 e. The molecule has 5 atom stereocenters. The lowest BCUT2D eigenvalue weighted by Crippen LogP contribution is -2.64. The number of aromatic amines is 1. The van der Waals surface area contributed by atoms with Gasteiger partial charge in [0.25, 0.3) is 5.91 Å². The molecule has 216 valence electrons. The quantitative estimate of drug-likeness (QED) is 0.198. The smallest absolute Gasteiger partial charge is 0.390 e. The monoisotopic (exact) mass is 584 g/mol. The number of halogens is 3. The van der Waals surface area contributed by atoms with Crippen molar-refractivity contribution in [3.63, 3.8) is 0 Å². The number of aliphatic hydroxyl groups is 3. The molecule has 3 aromatic rings. The zero-order chi connectivity index (χ0) is 29.5. The Bertz CT molecular complexity index is 1530. The van der Waals surface area contributed by atoms with E-state index in [9.17, 15) is 46.5 Å². The summed E-state index contributed by atoms with van der Waals surface area (Å²) >= 11 is 0. The van der Waals surface area contributed by atoms with Gasteiger partial charge >= 0.3 is 6.18 Å². The van der Waals surface area contributed by atoms with E-state index in [1.807, 2.05) is 4.72 Å². The fourth-order valence-corrected chi connectivity index (χ4v) is 6.04. The molecule has 0 aliphatic heterocycles. The van der Waals surface area contributed by atoms with Crippen molar-refractivity contribution < 1.29 is 46.5 Å². The summed E-state index contributed by atoms with van der Waals surface area (Å²) in [6.07, 6.45) is -8.37. The third kappa shape index (κ3) is 6.13. The van der Waals surface area contributed by atoms with Gasteiger partial charge in [0.15, 0.2) is 0 Å². The average molecular weight is 585 g/mol. The van der Waals surface area contributed by atoms with Crippen molar-refractivity contribution in [1.82, 2.24) is 15.0 Å². The molecular formula is C25H27F3N4O7S. The number of hydrogen-bond acceptors (Lipinski definition) is 7. The van der Waals surface area contributed by atoms with Crippen molar-refractivity contribution in [3.8, 4) is 0 Å². The molecule has 5 unspecified atom stereocenters. The number of alkyl halides is 3. The second-order valence-corrected chi connectivity index (χ2v) is 11.5. The Morgan fingerprint density at radius 1 is 1.12 bits per heavy atom. The SMILES string of the molecule is NC(=O)C(Cc1c[nH]c2ccccc12)NC(=O)C1(O)CC(O)C(O)C(NS(=O)(=O)c2cccc(C(F)(F)F)c2)C1. The van der Waals surface area contributed by atoms with Crippen LogP contribution in [0.1, 0.15) is 24.0 Å². The largest absolute Gasteiger partial charge is 0.416 e. The number of sulfonamides is 1. The molecule has 0 spiro atoms. The van der Waals surface area contributed by atoms with E-state index in [1.54, 1.807) is 30.5 Å². The third-order valence-corrected chi connectivity index (χ3v) is 8.35. The minimum absolute atomic E-state index is 0.0576. The molecule has 8 N–H and O–H groups in total. The van der Waals surface area contributed by atoms with Gasteiger partial charge in [-0.2, -0.15) is 13.2 Å². The number of nitrogens with one attached hydrogen (secondary N) is 3. The molecule has 2 amide bonds. The number of aliphatic hydroxyl groups excluding tert-OH is 2. The van der Waals surface area contributed by atoms with E-state index in [0.717, 1.165) is 23.0 Å². The summed E-state index contributed by atoms with van der Waals surface area (Å²) in [6, 6.07) is 7.00. The zero-order valence-corrected chi connectivity index (χ0v) is 21.5. The van der Waals surface area contributed by atoms with Crippen molar-refractivity contribution in [2.24, 2.45) is 5.73 Å². The van der Waals surface area contributed by atoms with Crippen LogP contribution < -0.4 is 15.8 Å². The van der Waals surface area contributed by atoms with E-state index < -0.39 is 81.2 Å². The molecule has 4 rings (SSSR count). The lowest BCUT2D eigenvalue weighted by molar-refractivity contribution is -0.158. The number of nitrogens with two attached hydrogens (primary N) is 1. The maximum atomic E-state index is 13.1. The minimum atomic E-state index is -4.83. The van der Waals surface area contributed by atoms with Crippen molar-refractivity contribution in [2.75, 3.05) is 0 Å². The van der Waals surface area contributed by atoms with Crippen LogP contribution in [0.5, 0.6) is 0 Å². The van der Waals surface area contributed by atoms with Crippen LogP contribution in [0.25, 0.3) is 10.9 Å². The van der Waals surface area contributed by atoms with Gasteiger partial charge in [-0.3, -0.25) is 9.59 Å². The molecule has 2 aromatic carbocycles. The summed E-state index contributed by atoms with van der Waals surface area (Å²) in [5, 5.41) is 35.0. The van der Waals surface area contributed by atoms with Crippen molar-refractivity contribution in [2.45, 2.75) is 60.2 Å². The van der Waals surface area contributed by atoms with Gasteiger partial charge in [0, 0.05) is 36.4 Å². The van der Waals surface area contributed by atoms with Crippen LogP contribution in [-0.2, 0) is 32.2 Å². The maximum absolute atomic E-state index is 13.1. The van der Waals surface area contributed by atoms with Gasteiger partial charge in [0.1, 0.15) is 11.6 Å². The summed E-state index contributed by atoms with van der Waals surface area (Å²) in [4.78, 5) is 27.5. The van der Waals surface area contributed by atoms with Crippen LogP contribution in [0, 0.1) is 0 Å². The Morgan fingerprint density at radius 3 is 2.50 bits per heavy atom. The summed E-state index contributed by atoms with van der Waals surface area (Å²) in [7, 11) is -4.71. The van der Waals surface area contributed by atoms with Gasteiger partial charge in [-0.15, -0.1) is 0 Å². The van der Waals surface area contributed by atoms with E-state index in [4.69, 9.17) is 5.73 Å². The number of H-pyrrole nitrogens is 1. The Hall–Kier alpha value is -3.50. The predicted molar refractivity (Wildman–Crippen MR) is 135 cm³/mol. The van der Waals surface area contributed by atoms with Crippen LogP contribution in [0.4, 0.5) is 13.2 Å². The van der Waals surface area contributed by atoms with Crippen LogP contribution in [0.3, 0.4) is 0 Å². The topological polar surface area (TPSA) is 195 Å². The summed E-state index contributed by atoms with van der Waals surface area (Å²) in [6.45, 7) is 0. The Balaban J connectivity index is 1.53. The average Bonchev–Trinajstić information content (AvgIpc) is 3.28. The van der Waals surface area contributed by atoms with E-state index >= 15 is 0 Å². The molecule has 0 saturated heterocycles. The highest BCUT2D eigenvalue weighted by atomic mass is 32.2. The number of primary amides is 1. The van der Waals surface area contributed by atoms with Gasteiger partial charge < -0.3 is 31.4 Å². The lowest BCUT2D eigenvalue weighted by Gasteiger charge is -2.41. The van der Waals surface area contributed by atoms with Crippen molar-refractivity contribution in [1.29, 1.82) is 0 Å². The predicted octanol–water partition coefficient (Wildman–Crippen LogP) is 0.293. The molecule has 1 fully saturated rings. The Kier molecular flexibility index (Phi) is 7.97. The first-order valence-electron chi connectivity index (χ1n) is 12.0. The lowest BCUT2D eigenvalue weighted by atomic mass is 9.78. The summed E-state index contributed by atoms with van der Waals surface area (Å²) < 4.78 is 66.9. The van der Waals surface area contributed by atoms with Gasteiger partial charge in [-0.05, 0) is 29.8 Å². The van der Waals surface area contributed by atoms with Crippen LogP contribution in [0.15, 0.2) is 59.6 Å². The highest BCUT2D eigenvalue weighted by Crippen LogP contribution is 2.33. The molecule has 40 heavy (non-hydrogen) atoms. The molecule has 1 aromatic heterocycles. The van der Waals surface area contributed by atoms with E-state index in [-0.39, 0.29) is 6.42 Å². The number of carbonyl (C=O) groups excluding carboxylic acids is 2. The van der Waals surface area contributed by atoms with Crippen LogP contribution in [-0.4, -0.2) is 70.4 Å². The molecule has 11 nitrogen and oxygen atoms in total. The van der Waals surface area contributed by atoms with E-state index in [1.165, 1.54) is 0 Å². The van der Waals surface area contributed by atoms with Gasteiger partial charge in [0.05, 0.1) is 28.7 Å². The van der Waals surface area contributed by atoms with Crippen molar-refractivity contribution in [3.05, 3.63) is 65.9 Å². The molecule has 1 saturated carbocycles. The number of para-hydroxylation sites is 1. The molecule has 0 bridgehead atoms. The van der Waals surface area contributed by atoms with Gasteiger partial charge in [0.2, 0.25) is 15.9 Å². The number of amides is 2. The number of carbonyl (C=O) groups is 2. The second-order valence-electron chi connectivity index (χ2n) is 9.74. The van der Waals surface area contributed by atoms with E-state index in [0.29, 0.717) is 17.7 Å².